The van der Waals surface area contributed by atoms with Crippen molar-refractivity contribution in [3.8, 4) is 11.8 Å². The van der Waals surface area contributed by atoms with Gasteiger partial charge in [0.1, 0.15) is 5.82 Å². The number of unbranched alkanes of at least 4 members (excludes halogenated alkanes) is 2. The molecule has 1 aliphatic rings. The van der Waals surface area contributed by atoms with Gasteiger partial charge >= 0.3 is 0 Å². The van der Waals surface area contributed by atoms with Crippen LogP contribution in [-0.2, 0) is 12.8 Å². The minimum absolute atomic E-state index is 0.210. The van der Waals surface area contributed by atoms with Crippen LogP contribution in [0.1, 0.15) is 87.0 Å². The van der Waals surface area contributed by atoms with Crippen molar-refractivity contribution >= 4 is 10.8 Å². The highest BCUT2D eigenvalue weighted by molar-refractivity contribution is 5.85. The summed E-state index contributed by atoms with van der Waals surface area (Å²) in [6.07, 6.45) is 15.7. The minimum atomic E-state index is -0.210. The first-order valence-electron chi connectivity index (χ1n) is 13.6. The Hall–Kier alpha value is -2.85. The van der Waals surface area contributed by atoms with Crippen LogP contribution in [0.5, 0.6) is 0 Å². The van der Waals surface area contributed by atoms with Gasteiger partial charge in [0.15, 0.2) is 0 Å². The molecule has 3 aromatic carbocycles. The SMILES string of the molecule is C=CCC1CCC(CCc2ccc3c(F)c(C#Cc4ccc(CCCCC)cc4)ccc3c2)CC1. The van der Waals surface area contributed by atoms with Crippen LogP contribution >= 0.6 is 0 Å². The molecule has 0 spiro atoms. The lowest BCUT2D eigenvalue weighted by Crippen LogP contribution is -2.14. The fourth-order valence-electron chi connectivity index (χ4n) is 5.43. The van der Waals surface area contributed by atoms with Crippen LogP contribution < -0.4 is 0 Å². The van der Waals surface area contributed by atoms with E-state index in [1.165, 1.54) is 68.9 Å². The van der Waals surface area contributed by atoms with Crippen molar-refractivity contribution < 1.29 is 4.39 Å². The Morgan fingerprint density at radius 3 is 2.34 bits per heavy atom. The molecule has 1 aliphatic carbocycles. The third kappa shape index (κ3) is 7.08. The lowest BCUT2D eigenvalue weighted by molar-refractivity contribution is 0.265. The van der Waals surface area contributed by atoms with Crippen LogP contribution in [0.25, 0.3) is 10.8 Å². The first-order chi connectivity index (χ1) is 17.2. The Balaban J connectivity index is 1.37. The molecule has 182 valence electrons. The van der Waals surface area contributed by atoms with E-state index < -0.39 is 0 Å². The molecule has 1 heteroatoms. The van der Waals surface area contributed by atoms with Crippen LogP contribution in [0.4, 0.5) is 4.39 Å². The van der Waals surface area contributed by atoms with Crippen molar-refractivity contribution in [3.05, 3.63) is 95.3 Å². The molecule has 0 radical (unpaired) electrons. The molecule has 1 saturated carbocycles. The summed E-state index contributed by atoms with van der Waals surface area (Å²) in [5.41, 5.74) is 4.05. The van der Waals surface area contributed by atoms with Gasteiger partial charge in [-0.25, -0.2) is 4.39 Å². The van der Waals surface area contributed by atoms with Crippen molar-refractivity contribution in [1.29, 1.82) is 0 Å². The maximum absolute atomic E-state index is 15.2. The summed E-state index contributed by atoms with van der Waals surface area (Å²) in [4.78, 5) is 0. The van der Waals surface area contributed by atoms with Gasteiger partial charge in [-0.2, -0.15) is 0 Å². The van der Waals surface area contributed by atoms with Crippen LogP contribution in [0.3, 0.4) is 0 Å². The van der Waals surface area contributed by atoms with Gasteiger partial charge in [-0.15, -0.1) is 6.58 Å². The number of hydrogen-bond acceptors (Lipinski definition) is 0. The van der Waals surface area contributed by atoms with E-state index >= 15 is 4.39 Å². The fraction of sp³-hybridized carbons (Fsp3) is 0.412. The first-order valence-corrected chi connectivity index (χ1v) is 13.6. The Morgan fingerprint density at radius 2 is 1.60 bits per heavy atom. The maximum Gasteiger partial charge on any atom is 0.146 e. The molecular weight excluding hydrogens is 427 g/mol. The second-order valence-corrected chi connectivity index (χ2v) is 10.3. The molecule has 0 unspecified atom stereocenters. The van der Waals surface area contributed by atoms with Crippen LogP contribution in [-0.4, -0.2) is 0 Å². The third-order valence-electron chi connectivity index (χ3n) is 7.69. The largest absolute Gasteiger partial charge is 0.205 e. The van der Waals surface area contributed by atoms with Crippen LogP contribution in [0, 0.1) is 29.5 Å². The average Bonchev–Trinajstić information content (AvgIpc) is 2.89. The normalized spacial score (nSPS) is 17.7. The van der Waals surface area contributed by atoms with Gasteiger partial charge in [0.2, 0.25) is 0 Å². The van der Waals surface area contributed by atoms with Gasteiger partial charge in [0.25, 0.3) is 0 Å². The molecule has 1 fully saturated rings. The van der Waals surface area contributed by atoms with Crippen molar-refractivity contribution in [3.63, 3.8) is 0 Å². The zero-order valence-corrected chi connectivity index (χ0v) is 21.3. The van der Waals surface area contributed by atoms with E-state index in [2.05, 4.69) is 55.7 Å². The number of allylic oxidation sites excluding steroid dienone is 1. The summed E-state index contributed by atoms with van der Waals surface area (Å²) in [5.74, 6) is 7.66. The average molecular weight is 467 g/mol. The van der Waals surface area contributed by atoms with E-state index in [0.717, 1.165) is 35.6 Å². The summed E-state index contributed by atoms with van der Waals surface area (Å²) >= 11 is 0. The second-order valence-electron chi connectivity index (χ2n) is 10.3. The van der Waals surface area contributed by atoms with Gasteiger partial charge in [-0.05, 0) is 91.5 Å². The molecule has 4 rings (SSSR count). The molecule has 0 nitrogen and oxygen atoms in total. The van der Waals surface area contributed by atoms with Gasteiger partial charge in [-0.1, -0.05) is 86.9 Å². The predicted octanol–water partition coefficient (Wildman–Crippen LogP) is 9.43. The zero-order valence-electron chi connectivity index (χ0n) is 21.3. The predicted molar refractivity (Wildman–Crippen MR) is 148 cm³/mol. The number of fused-ring (bicyclic) bond motifs is 1. The number of benzene rings is 3. The molecule has 0 amide bonds. The van der Waals surface area contributed by atoms with E-state index in [-0.39, 0.29) is 5.82 Å². The van der Waals surface area contributed by atoms with E-state index in [9.17, 15) is 0 Å². The fourth-order valence-corrected chi connectivity index (χ4v) is 5.43. The molecule has 35 heavy (non-hydrogen) atoms. The van der Waals surface area contributed by atoms with E-state index in [4.69, 9.17) is 0 Å². The Morgan fingerprint density at radius 1 is 0.857 bits per heavy atom. The smallest absolute Gasteiger partial charge is 0.146 e. The molecule has 0 atom stereocenters. The second kappa shape index (κ2) is 12.7. The Bertz CT molecular complexity index is 1170. The number of rotatable bonds is 9. The molecule has 0 bridgehead atoms. The summed E-state index contributed by atoms with van der Waals surface area (Å²) in [7, 11) is 0. The Labute approximate surface area is 211 Å². The minimum Gasteiger partial charge on any atom is -0.205 e. The summed E-state index contributed by atoms with van der Waals surface area (Å²) in [6, 6.07) is 18.4. The van der Waals surface area contributed by atoms with Crippen molar-refractivity contribution in [2.45, 2.75) is 77.6 Å². The highest BCUT2D eigenvalue weighted by atomic mass is 19.1. The van der Waals surface area contributed by atoms with Crippen molar-refractivity contribution in [1.82, 2.24) is 0 Å². The Kier molecular flexibility index (Phi) is 9.19. The number of hydrogen-bond donors (Lipinski definition) is 0. The van der Waals surface area contributed by atoms with Crippen molar-refractivity contribution in [2.75, 3.05) is 0 Å². The van der Waals surface area contributed by atoms with Crippen molar-refractivity contribution in [2.24, 2.45) is 11.8 Å². The lowest BCUT2D eigenvalue weighted by Gasteiger charge is -2.27. The first kappa shape index (κ1) is 25.2. The monoisotopic (exact) mass is 466 g/mol. The van der Waals surface area contributed by atoms with Crippen LogP contribution in [0.2, 0.25) is 0 Å². The van der Waals surface area contributed by atoms with Crippen LogP contribution in [0.15, 0.2) is 67.3 Å². The topological polar surface area (TPSA) is 0 Å². The molecule has 0 heterocycles. The molecule has 0 N–H and O–H groups in total. The quantitative estimate of drug-likeness (QED) is 0.167. The van der Waals surface area contributed by atoms with E-state index in [1.807, 2.05) is 30.3 Å². The molecule has 3 aromatic rings. The third-order valence-corrected chi connectivity index (χ3v) is 7.69. The molecule has 0 aromatic heterocycles. The van der Waals surface area contributed by atoms with Gasteiger partial charge in [0, 0.05) is 10.9 Å². The highest BCUT2D eigenvalue weighted by Crippen LogP contribution is 2.33. The highest BCUT2D eigenvalue weighted by Gasteiger charge is 2.20. The van der Waals surface area contributed by atoms with E-state index in [1.54, 1.807) is 0 Å². The molecular formula is C34H39F. The summed E-state index contributed by atoms with van der Waals surface area (Å²) in [6.45, 7) is 6.11. The molecule has 0 saturated heterocycles. The standard InChI is InChI=1S/C34H39F/c1-3-5-6-8-27-11-15-29(16-12-27)19-21-31-22-23-32-25-30(20-24-33(32)34(31)35)18-17-28-13-9-26(7-4-2)10-14-28/h4,11-12,15-16,20,22-26,28H,2-3,5-10,13-14,17-18H2,1H3. The maximum atomic E-state index is 15.2. The summed E-state index contributed by atoms with van der Waals surface area (Å²) < 4.78 is 15.2. The van der Waals surface area contributed by atoms with E-state index in [0.29, 0.717) is 10.9 Å². The molecule has 0 aliphatic heterocycles. The number of halogens is 1. The van der Waals surface area contributed by atoms with Gasteiger partial charge < -0.3 is 0 Å². The van der Waals surface area contributed by atoms with Gasteiger partial charge in [0.05, 0.1) is 5.56 Å². The summed E-state index contributed by atoms with van der Waals surface area (Å²) in [5, 5.41) is 1.63. The zero-order chi connectivity index (χ0) is 24.5. The lowest BCUT2D eigenvalue weighted by atomic mass is 9.78. The number of aryl methyl sites for hydroxylation is 2. The van der Waals surface area contributed by atoms with Gasteiger partial charge in [-0.3, -0.25) is 0 Å².